The minimum atomic E-state index is -2.10. The van der Waals surface area contributed by atoms with Crippen molar-refractivity contribution in [2.45, 2.75) is 5.75 Å². The van der Waals surface area contributed by atoms with Gasteiger partial charge in [0.15, 0.2) is 11.1 Å². The summed E-state index contributed by atoms with van der Waals surface area (Å²) in [7, 11) is 1.11. The van der Waals surface area contributed by atoms with E-state index in [2.05, 4.69) is 4.74 Å². The van der Waals surface area contributed by atoms with E-state index in [1.54, 1.807) is 0 Å². The molecule has 1 aromatic carbocycles. The van der Waals surface area contributed by atoms with Crippen molar-refractivity contribution in [1.82, 2.24) is 0 Å². The monoisotopic (exact) mass is 259 g/mol. The van der Waals surface area contributed by atoms with Gasteiger partial charge in [-0.05, 0) is 11.6 Å². The molecule has 1 N–H and O–H groups in total. The molecule has 1 atom stereocenters. The van der Waals surface area contributed by atoms with Gasteiger partial charge in [0, 0.05) is 6.07 Å². The van der Waals surface area contributed by atoms with Crippen molar-refractivity contribution in [1.29, 1.82) is 0 Å². The summed E-state index contributed by atoms with van der Waals surface area (Å²) in [5, 5.41) is 10.7. The van der Waals surface area contributed by atoms with Crippen molar-refractivity contribution >= 4 is 22.7 Å². The highest BCUT2D eigenvalue weighted by atomic mass is 32.2. The van der Waals surface area contributed by atoms with Crippen LogP contribution in [0.5, 0.6) is 0 Å². The van der Waals surface area contributed by atoms with E-state index in [4.69, 9.17) is 4.55 Å². The Morgan fingerprint density at radius 3 is 2.71 bits per heavy atom. The van der Waals surface area contributed by atoms with E-state index >= 15 is 0 Å². The van der Waals surface area contributed by atoms with Crippen LogP contribution in [0.25, 0.3) is 0 Å². The lowest BCUT2D eigenvalue weighted by molar-refractivity contribution is -0.385. The number of hydrogen-bond acceptors (Lipinski definition) is 5. The molecule has 0 aliphatic carbocycles. The first-order valence-electron chi connectivity index (χ1n) is 4.38. The van der Waals surface area contributed by atoms with Gasteiger partial charge in [0.1, 0.15) is 5.56 Å². The van der Waals surface area contributed by atoms with Crippen LogP contribution < -0.4 is 0 Å². The van der Waals surface area contributed by atoms with Crippen molar-refractivity contribution in [2.75, 3.05) is 7.11 Å². The van der Waals surface area contributed by atoms with Crippen LogP contribution in [0.15, 0.2) is 18.2 Å². The third kappa shape index (κ3) is 3.33. The normalized spacial score (nSPS) is 11.9. The summed E-state index contributed by atoms with van der Waals surface area (Å²) in [6.45, 7) is 0. The van der Waals surface area contributed by atoms with Crippen molar-refractivity contribution in [3.05, 3.63) is 39.4 Å². The number of carbonyl (C=O) groups excluding carboxylic acids is 1. The van der Waals surface area contributed by atoms with Crippen molar-refractivity contribution in [2.24, 2.45) is 0 Å². The van der Waals surface area contributed by atoms with Crippen molar-refractivity contribution in [3.63, 3.8) is 0 Å². The van der Waals surface area contributed by atoms with Gasteiger partial charge in [-0.2, -0.15) is 0 Å². The Kier molecular flexibility index (Phi) is 4.30. The SMILES string of the molecule is COC(=O)c1ccc(CS(=O)O)cc1[N+](=O)[O-]. The molecule has 0 aromatic heterocycles. The lowest BCUT2D eigenvalue weighted by Gasteiger charge is -2.03. The third-order valence-electron chi connectivity index (χ3n) is 1.95. The maximum absolute atomic E-state index is 11.2. The Bertz CT molecular complexity index is 486. The molecule has 0 saturated carbocycles. The van der Waals surface area contributed by atoms with Gasteiger partial charge in [-0.3, -0.25) is 10.1 Å². The fraction of sp³-hybridized carbons (Fsp3) is 0.222. The largest absolute Gasteiger partial charge is 0.465 e. The number of benzene rings is 1. The van der Waals surface area contributed by atoms with Crippen molar-refractivity contribution in [3.8, 4) is 0 Å². The lowest BCUT2D eigenvalue weighted by Crippen LogP contribution is -2.06. The molecule has 0 radical (unpaired) electrons. The predicted molar refractivity (Wildman–Crippen MR) is 58.9 cm³/mol. The summed E-state index contributed by atoms with van der Waals surface area (Å²) in [4.78, 5) is 21.2. The average Bonchev–Trinajstić information content (AvgIpc) is 2.27. The molecular weight excluding hydrogens is 250 g/mol. The first-order valence-corrected chi connectivity index (χ1v) is 5.66. The highest BCUT2D eigenvalue weighted by Crippen LogP contribution is 2.21. The van der Waals surface area contributed by atoms with Gasteiger partial charge >= 0.3 is 5.97 Å². The van der Waals surface area contributed by atoms with Crippen LogP contribution in [-0.2, 0) is 21.6 Å². The molecule has 1 aromatic rings. The number of hydrogen-bond donors (Lipinski definition) is 1. The number of ether oxygens (including phenoxy) is 1. The van der Waals surface area contributed by atoms with Gasteiger partial charge in [0.25, 0.3) is 5.69 Å². The highest BCUT2D eigenvalue weighted by molar-refractivity contribution is 7.78. The number of nitro groups is 1. The highest BCUT2D eigenvalue weighted by Gasteiger charge is 2.21. The maximum Gasteiger partial charge on any atom is 0.344 e. The lowest BCUT2D eigenvalue weighted by atomic mass is 10.1. The molecule has 0 bridgehead atoms. The average molecular weight is 259 g/mol. The number of carbonyl (C=O) groups is 1. The molecule has 92 valence electrons. The zero-order valence-corrected chi connectivity index (χ0v) is 9.60. The molecule has 17 heavy (non-hydrogen) atoms. The minimum absolute atomic E-state index is 0.190. The molecule has 1 unspecified atom stereocenters. The summed E-state index contributed by atoms with van der Waals surface area (Å²) in [6, 6.07) is 3.65. The molecule has 0 saturated heterocycles. The van der Waals surface area contributed by atoms with Gasteiger partial charge < -0.3 is 9.29 Å². The summed E-state index contributed by atoms with van der Waals surface area (Å²) in [5.41, 5.74) is -0.338. The van der Waals surface area contributed by atoms with Gasteiger partial charge in [0.05, 0.1) is 17.8 Å². The Balaban J connectivity index is 3.22. The van der Waals surface area contributed by atoms with E-state index in [9.17, 15) is 19.1 Å². The zero-order chi connectivity index (χ0) is 13.0. The number of methoxy groups -OCH3 is 1. The van der Waals surface area contributed by atoms with Crippen LogP contribution in [0.3, 0.4) is 0 Å². The second-order valence-corrected chi connectivity index (χ2v) is 4.00. The number of rotatable bonds is 4. The van der Waals surface area contributed by atoms with Crippen LogP contribution in [0.1, 0.15) is 15.9 Å². The summed E-state index contributed by atoms with van der Waals surface area (Å²) in [5.74, 6) is -1.06. The minimum Gasteiger partial charge on any atom is -0.465 e. The quantitative estimate of drug-likeness (QED) is 0.375. The van der Waals surface area contributed by atoms with E-state index in [1.807, 2.05) is 0 Å². The molecule has 0 fully saturated rings. The Labute approximate surface area is 98.8 Å². The molecule has 0 heterocycles. The molecule has 0 amide bonds. The van der Waals surface area contributed by atoms with Crippen LogP contribution >= 0.6 is 0 Å². The molecule has 8 heteroatoms. The Morgan fingerprint density at radius 1 is 1.59 bits per heavy atom. The number of nitrogens with zero attached hydrogens (tertiary/aromatic N) is 1. The molecule has 0 aliphatic rings. The van der Waals surface area contributed by atoms with Crippen molar-refractivity contribution < 1.29 is 23.2 Å². The molecule has 7 nitrogen and oxygen atoms in total. The molecule has 0 spiro atoms. The van der Waals surface area contributed by atoms with Gasteiger partial charge in [-0.1, -0.05) is 6.07 Å². The van der Waals surface area contributed by atoms with Crippen LogP contribution in [-0.4, -0.2) is 26.8 Å². The topological polar surface area (TPSA) is 107 Å². The van der Waals surface area contributed by atoms with E-state index in [-0.39, 0.29) is 11.3 Å². The Morgan fingerprint density at radius 2 is 2.24 bits per heavy atom. The Hall–Kier alpha value is -1.80. The fourth-order valence-corrected chi connectivity index (χ4v) is 1.71. The first kappa shape index (κ1) is 13.3. The predicted octanol–water partition coefficient (Wildman–Crippen LogP) is 1.10. The molecule has 0 aliphatic heterocycles. The summed E-state index contributed by atoms with van der Waals surface area (Å²) in [6.07, 6.45) is 0. The summed E-state index contributed by atoms with van der Waals surface area (Å²) < 4.78 is 23.6. The number of nitro benzene ring substituents is 1. The fourth-order valence-electron chi connectivity index (χ4n) is 1.24. The standard InChI is InChI=1S/C9H9NO6S/c1-16-9(11)7-3-2-6(5-17(14)15)4-8(7)10(12)13/h2-4H,5H2,1H3,(H,14,15). The smallest absolute Gasteiger partial charge is 0.344 e. The second-order valence-electron chi connectivity index (χ2n) is 3.07. The number of esters is 1. The summed E-state index contributed by atoms with van der Waals surface area (Å²) >= 11 is -2.10. The van der Waals surface area contributed by atoms with Crippen LogP contribution in [0, 0.1) is 10.1 Å². The van der Waals surface area contributed by atoms with Crippen LogP contribution in [0.4, 0.5) is 5.69 Å². The van der Waals surface area contributed by atoms with Gasteiger partial charge in [-0.25, -0.2) is 9.00 Å². The van der Waals surface area contributed by atoms with Gasteiger partial charge in [-0.15, -0.1) is 0 Å². The van der Waals surface area contributed by atoms with Crippen LogP contribution in [0.2, 0.25) is 0 Å². The van der Waals surface area contributed by atoms with E-state index in [0.717, 1.165) is 13.2 Å². The maximum atomic E-state index is 11.2. The molecular formula is C9H9NO6S. The second kappa shape index (κ2) is 5.51. The van der Waals surface area contributed by atoms with E-state index < -0.39 is 27.7 Å². The molecule has 1 rings (SSSR count). The van der Waals surface area contributed by atoms with E-state index in [1.165, 1.54) is 12.1 Å². The first-order chi connectivity index (χ1) is 7.95. The zero-order valence-electron chi connectivity index (χ0n) is 8.78. The van der Waals surface area contributed by atoms with E-state index in [0.29, 0.717) is 5.56 Å². The third-order valence-corrected chi connectivity index (χ3v) is 2.53. The van der Waals surface area contributed by atoms with Gasteiger partial charge in [0.2, 0.25) is 0 Å².